The summed E-state index contributed by atoms with van der Waals surface area (Å²) in [6.45, 7) is 14.9. The number of fused-ring (bicyclic) bond motifs is 6. The van der Waals surface area contributed by atoms with Crippen molar-refractivity contribution in [2.45, 2.75) is 142 Å². The van der Waals surface area contributed by atoms with Gasteiger partial charge < -0.3 is 29.3 Å². The molecule has 0 unspecified atom stereocenters. The molecule has 2 bridgehead atoms. The minimum absolute atomic E-state index is 0.103. The van der Waals surface area contributed by atoms with Crippen LogP contribution in [0, 0.1) is 23.7 Å². The van der Waals surface area contributed by atoms with Gasteiger partial charge in [0, 0.05) is 24.6 Å². The van der Waals surface area contributed by atoms with Crippen LogP contribution in [0.3, 0.4) is 0 Å². The first kappa shape index (κ1) is 46.1. The zero-order chi connectivity index (χ0) is 42.7. The number of carbonyl (C=O) groups excluding carboxylic acids is 3. The first-order valence-corrected chi connectivity index (χ1v) is 21.7. The normalized spacial score (nSPS) is 38.6. The number of aliphatic hydroxyl groups excluding tert-OH is 1. The molecule has 1 aromatic heterocycles. The number of rotatable bonds is 7. The van der Waals surface area contributed by atoms with Crippen molar-refractivity contribution in [3.05, 3.63) is 23.8 Å². The average molecular weight is 879 g/mol. The zero-order valence-corrected chi connectivity index (χ0v) is 37.3. The Hall–Kier alpha value is -2.99. The second-order valence-electron chi connectivity index (χ2n) is 16.9. The molecular formula is C41H61N5O11Se. The molecule has 1 amide bonds. The van der Waals surface area contributed by atoms with E-state index < -0.39 is 83.2 Å². The fraction of sp³-hybridized carbons (Fsp3) is 0.732. The Balaban J connectivity index is 1.66. The Morgan fingerprint density at radius 3 is 2.45 bits per heavy atom. The molecule has 58 heavy (non-hydrogen) atoms. The van der Waals surface area contributed by atoms with Crippen molar-refractivity contribution in [1.82, 2.24) is 12.9 Å². The summed E-state index contributed by atoms with van der Waals surface area (Å²) >= 11 is -0.177. The van der Waals surface area contributed by atoms with Crippen LogP contribution in [0.1, 0.15) is 87.1 Å². The predicted molar refractivity (Wildman–Crippen MR) is 215 cm³/mol. The molecule has 0 saturated carbocycles. The third-order valence-corrected chi connectivity index (χ3v) is 13.0. The van der Waals surface area contributed by atoms with E-state index in [4.69, 9.17) is 28.5 Å². The molecule has 13 atom stereocenters. The van der Waals surface area contributed by atoms with Crippen molar-refractivity contribution in [3.63, 3.8) is 0 Å². The van der Waals surface area contributed by atoms with Crippen LogP contribution < -0.4 is 0 Å². The van der Waals surface area contributed by atoms with Gasteiger partial charge in [-0.3, -0.25) is 14.4 Å². The van der Waals surface area contributed by atoms with Crippen molar-refractivity contribution in [3.8, 4) is 0 Å². The smallest absolute Gasteiger partial charge is 0.384 e. The Labute approximate surface area is 347 Å². The van der Waals surface area contributed by atoms with Crippen LogP contribution in [0.5, 0.6) is 0 Å². The SMILES string of the molecule is CC[C@H]1OC(=O)[C@H](C)C(=O)[C@H](C)[C@@H](O[C@@H]2O[C@H](C)C[C@H](N(C)C)[C@H]2O)[C@@]2(C)C[C@@H](C)C(=NC(C)=O)[C@H](C)[C@H](OC/C(=N\OCc3ccc4n[se]nc4c3)CO2)[C@]1(C)O. The van der Waals surface area contributed by atoms with Gasteiger partial charge in [-0.25, -0.2) is 4.99 Å². The molecule has 3 fully saturated rings. The quantitative estimate of drug-likeness (QED) is 0.178. The van der Waals surface area contributed by atoms with Crippen LogP contribution in [-0.4, -0.2) is 148 Å². The zero-order valence-electron chi connectivity index (χ0n) is 35.5. The number of carbonyl (C=O) groups is 3. The first-order chi connectivity index (χ1) is 27.3. The van der Waals surface area contributed by atoms with Crippen LogP contribution >= 0.6 is 0 Å². The van der Waals surface area contributed by atoms with Gasteiger partial charge in [-0.05, 0) is 53.6 Å². The van der Waals surface area contributed by atoms with E-state index in [2.05, 4.69) is 18.1 Å². The number of aliphatic imine (C=N–C) groups is 1. The van der Waals surface area contributed by atoms with Crippen molar-refractivity contribution in [2.24, 2.45) is 33.8 Å². The number of likely N-dealkylation sites (N-methyl/N-ethyl adjacent to an activating group) is 1. The molecule has 0 radical (unpaired) electrons. The number of aliphatic hydroxyl groups is 2. The van der Waals surface area contributed by atoms with E-state index in [9.17, 15) is 24.6 Å². The summed E-state index contributed by atoms with van der Waals surface area (Å²) in [6.07, 6.45) is -5.06. The second-order valence-corrected chi connectivity index (χ2v) is 18.0. The Bertz CT molecular complexity index is 1840. The number of benzene rings is 1. The van der Waals surface area contributed by atoms with Crippen LogP contribution in [0.25, 0.3) is 11.0 Å². The van der Waals surface area contributed by atoms with Crippen molar-refractivity contribution < 1.29 is 53.1 Å². The van der Waals surface area contributed by atoms with E-state index in [0.717, 1.165) is 16.6 Å². The van der Waals surface area contributed by atoms with Crippen LogP contribution in [0.15, 0.2) is 28.3 Å². The van der Waals surface area contributed by atoms with Gasteiger partial charge in [0.2, 0.25) is 5.91 Å². The summed E-state index contributed by atoms with van der Waals surface area (Å²) in [6, 6.07) is 5.37. The van der Waals surface area contributed by atoms with Gasteiger partial charge in [0.15, 0.2) is 12.1 Å². The van der Waals surface area contributed by atoms with Gasteiger partial charge in [0.25, 0.3) is 0 Å². The summed E-state index contributed by atoms with van der Waals surface area (Å²) in [4.78, 5) is 53.5. The molecule has 322 valence electrons. The summed E-state index contributed by atoms with van der Waals surface area (Å²) in [7, 11) is 3.74. The third kappa shape index (κ3) is 10.3. The number of ether oxygens (including phenoxy) is 5. The number of nitrogens with zero attached hydrogens (tertiary/aromatic N) is 5. The maximum atomic E-state index is 14.5. The van der Waals surface area contributed by atoms with Gasteiger partial charge in [-0.15, -0.1) is 0 Å². The minimum atomic E-state index is -1.84. The summed E-state index contributed by atoms with van der Waals surface area (Å²) in [5, 5.41) is 28.5. The number of hydrogen-bond acceptors (Lipinski definition) is 15. The number of Topliss-reactive ketones (excluding diaryl/α,β-unsaturated/α-hetero) is 1. The van der Waals surface area contributed by atoms with E-state index in [1.54, 1.807) is 20.8 Å². The molecule has 16 nitrogen and oxygen atoms in total. The molecule has 1 aromatic carbocycles. The molecular weight excluding hydrogens is 817 g/mol. The van der Waals surface area contributed by atoms with Crippen molar-refractivity contribution in [1.29, 1.82) is 0 Å². The second kappa shape index (κ2) is 19.2. The van der Waals surface area contributed by atoms with E-state index in [0.29, 0.717) is 17.8 Å². The van der Waals surface area contributed by atoms with Gasteiger partial charge in [0.1, 0.15) is 18.1 Å². The number of cyclic esters (lactones) is 1. The Morgan fingerprint density at radius 2 is 1.78 bits per heavy atom. The molecule has 5 rings (SSSR count). The van der Waals surface area contributed by atoms with E-state index in [-0.39, 0.29) is 59.8 Å². The number of oxime groups is 1. The van der Waals surface area contributed by atoms with E-state index in [1.165, 1.54) is 20.8 Å². The molecule has 4 heterocycles. The number of hydrogen-bond donors (Lipinski definition) is 2. The van der Waals surface area contributed by atoms with Gasteiger partial charge in [-0.1, -0.05) is 27.7 Å². The molecule has 2 N–H and O–H groups in total. The summed E-state index contributed by atoms with van der Waals surface area (Å²) in [5.41, 5.74) is -0.0431. The molecule has 3 aliphatic rings. The standard InChI is InChI=1S/C41H61N5O11Se/c1-12-32-41(9,51)37-23(4)33(42-26(7)47)21(2)17-40(8,53-20-28(19-52-37)43-54-18-27-13-14-29-30(16-27)45-58-44-29)36(24(5)34(48)25(6)38(50)56-32)57-39-35(49)31(46(10)11)15-22(3)55-39/h13-14,16,21-25,31-32,35-37,39,49,51H,12,15,17-20H2,1-11H3/b42-33?,43-28+/t21-,22-,23+,24+,25-,31+,32-,35-,36-,37+,39+,40-,41-/m1/s1. The van der Waals surface area contributed by atoms with E-state index >= 15 is 0 Å². The Morgan fingerprint density at radius 1 is 1.07 bits per heavy atom. The average Bonchev–Trinajstić information content (AvgIpc) is 3.63. The minimum Gasteiger partial charge on any atom is -0.384 e. The fourth-order valence-corrected chi connectivity index (χ4v) is 9.81. The number of aromatic nitrogens is 2. The Kier molecular flexibility index (Phi) is 15.2. The molecule has 3 aliphatic heterocycles. The number of amides is 1. The molecule has 0 aliphatic carbocycles. The predicted octanol–water partition coefficient (Wildman–Crippen LogP) is 3.12. The summed E-state index contributed by atoms with van der Waals surface area (Å²) in [5.74, 6) is -5.28. The van der Waals surface area contributed by atoms with Crippen LogP contribution in [0.4, 0.5) is 0 Å². The van der Waals surface area contributed by atoms with Gasteiger partial charge in [0.05, 0.1) is 6.10 Å². The first-order valence-electron chi connectivity index (χ1n) is 20.1. The van der Waals surface area contributed by atoms with Crippen molar-refractivity contribution in [2.75, 3.05) is 27.3 Å². The molecule has 3 saturated heterocycles. The fourth-order valence-electron chi connectivity index (χ4n) is 8.72. The van der Waals surface area contributed by atoms with Crippen LogP contribution in [0.2, 0.25) is 0 Å². The molecule has 17 heteroatoms. The molecule has 2 aromatic rings. The van der Waals surface area contributed by atoms with Gasteiger partial charge >= 0.3 is 151 Å². The van der Waals surface area contributed by atoms with Crippen molar-refractivity contribution >= 4 is 55.1 Å². The summed E-state index contributed by atoms with van der Waals surface area (Å²) < 4.78 is 41.3. The maximum absolute atomic E-state index is 14.5. The third-order valence-electron chi connectivity index (χ3n) is 11.9. The molecule has 0 spiro atoms. The topological polar surface area (TPSA) is 201 Å². The number of esters is 1. The monoisotopic (exact) mass is 879 g/mol. The van der Waals surface area contributed by atoms with Crippen LogP contribution in [-0.2, 0) is 49.5 Å². The van der Waals surface area contributed by atoms with E-state index in [1.807, 2.05) is 58.0 Å². The number of ketones is 1. The van der Waals surface area contributed by atoms with Gasteiger partial charge in [-0.2, -0.15) is 0 Å².